The summed E-state index contributed by atoms with van der Waals surface area (Å²) in [5.41, 5.74) is 0.512. The van der Waals surface area contributed by atoms with Crippen LogP contribution in [0.5, 0.6) is 0 Å². The molecule has 2 fully saturated rings. The number of nitrogens with one attached hydrogen (secondary N) is 3. The number of hydrogen-bond acceptors (Lipinski definition) is 7. The molecule has 5 amide bonds. The minimum absolute atomic E-state index is 0.0299. The van der Waals surface area contributed by atoms with E-state index in [-0.39, 0.29) is 36.1 Å². The number of benzene rings is 1. The van der Waals surface area contributed by atoms with Crippen LogP contribution in [-0.4, -0.2) is 88.7 Å². The first-order chi connectivity index (χ1) is 22.3. The summed E-state index contributed by atoms with van der Waals surface area (Å²) in [6, 6.07) is 4.70. The van der Waals surface area contributed by atoms with Gasteiger partial charge in [-0.15, -0.1) is 6.58 Å². The van der Waals surface area contributed by atoms with Gasteiger partial charge in [0, 0.05) is 19.6 Å². The Hall–Kier alpha value is -4.22. The van der Waals surface area contributed by atoms with Crippen LogP contribution in [0.3, 0.4) is 0 Å². The summed E-state index contributed by atoms with van der Waals surface area (Å²) >= 11 is 0. The molecule has 3 N–H and O–H groups in total. The molecule has 1 saturated carbocycles. The molecular formula is C36H51N5O7. The summed E-state index contributed by atoms with van der Waals surface area (Å²) in [4.78, 5) is 83.0. The average molecular weight is 666 g/mol. The Labute approximate surface area is 283 Å². The van der Waals surface area contributed by atoms with Gasteiger partial charge in [0.1, 0.15) is 23.7 Å². The molecule has 4 rings (SSSR count). The first kappa shape index (κ1) is 36.6. The third-order valence-corrected chi connectivity index (χ3v) is 9.68. The van der Waals surface area contributed by atoms with E-state index in [1.807, 2.05) is 58.9 Å². The van der Waals surface area contributed by atoms with Gasteiger partial charge in [-0.1, -0.05) is 65.0 Å². The molecule has 3 aliphatic rings. The number of ether oxygens (including phenoxy) is 1. The van der Waals surface area contributed by atoms with Crippen LogP contribution < -0.4 is 16.0 Å². The lowest BCUT2D eigenvalue weighted by Gasteiger charge is -2.38. The molecule has 2 heterocycles. The molecule has 1 unspecified atom stereocenters. The minimum Gasteiger partial charge on any atom is -0.444 e. The SMILES string of the molecule is C=CCC(NC(=O)[C@@H]1[C@@H]2[C@H](CN1C(=O)[C@@H](NC(=O)OC(C)(C)C)C(C)(C)C)C2(C)C)C(=O)C(=O)NCC(=O)N1CCc2ccccc2C1. The monoisotopic (exact) mass is 665 g/mol. The predicted octanol–water partition coefficient (Wildman–Crippen LogP) is 2.74. The van der Waals surface area contributed by atoms with E-state index in [1.165, 1.54) is 16.5 Å². The zero-order valence-electron chi connectivity index (χ0n) is 29.5. The van der Waals surface area contributed by atoms with E-state index in [2.05, 4.69) is 22.5 Å². The molecule has 1 aromatic rings. The van der Waals surface area contributed by atoms with Crippen LogP contribution in [0.25, 0.3) is 0 Å². The molecule has 5 atom stereocenters. The molecule has 262 valence electrons. The van der Waals surface area contributed by atoms with E-state index in [0.717, 1.165) is 5.56 Å². The van der Waals surface area contributed by atoms with Crippen molar-refractivity contribution in [1.29, 1.82) is 0 Å². The van der Waals surface area contributed by atoms with Gasteiger partial charge in [0.2, 0.25) is 23.5 Å². The maximum absolute atomic E-state index is 14.1. The van der Waals surface area contributed by atoms with Gasteiger partial charge in [0.15, 0.2) is 0 Å². The van der Waals surface area contributed by atoms with Crippen molar-refractivity contribution in [3.8, 4) is 0 Å². The third-order valence-electron chi connectivity index (χ3n) is 9.68. The Balaban J connectivity index is 1.43. The first-order valence-corrected chi connectivity index (χ1v) is 16.6. The number of carbonyl (C=O) groups excluding carboxylic acids is 6. The molecule has 0 spiro atoms. The van der Waals surface area contributed by atoms with E-state index in [9.17, 15) is 28.8 Å². The van der Waals surface area contributed by atoms with E-state index < -0.39 is 58.7 Å². The van der Waals surface area contributed by atoms with Crippen molar-refractivity contribution in [2.45, 2.75) is 98.5 Å². The summed E-state index contributed by atoms with van der Waals surface area (Å²) < 4.78 is 5.42. The molecular weight excluding hydrogens is 614 g/mol. The molecule has 48 heavy (non-hydrogen) atoms. The second-order valence-electron chi connectivity index (χ2n) is 15.8. The van der Waals surface area contributed by atoms with Gasteiger partial charge in [-0.05, 0) is 67.4 Å². The van der Waals surface area contributed by atoms with Crippen LogP contribution in [0.2, 0.25) is 0 Å². The smallest absolute Gasteiger partial charge is 0.408 e. The zero-order chi connectivity index (χ0) is 35.8. The van der Waals surface area contributed by atoms with E-state index in [1.54, 1.807) is 25.7 Å². The van der Waals surface area contributed by atoms with Crippen molar-refractivity contribution >= 4 is 35.5 Å². The van der Waals surface area contributed by atoms with Gasteiger partial charge in [0.05, 0.1) is 6.54 Å². The zero-order valence-corrected chi connectivity index (χ0v) is 29.5. The highest BCUT2D eigenvalue weighted by molar-refractivity contribution is 6.38. The number of amides is 5. The summed E-state index contributed by atoms with van der Waals surface area (Å²) in [5, 5.41) is 7.85. The van der Waals surface area contributed by atoms with Gasteiger partial charge >= 0.3 is 6.09 Å². The fourth-order valence-electron chi connectivity index (χ4n) is 6.93. The van der Waals surface area contributed by atoms with Crippen LogP contribution in [0.1, 0.15) is 72.9 Å². The maximum Gasteiger partial charge on any atom is 0.408 e. The number of fused-ring (bicyclic) bond motifs is 2. The lowest BCUT2D eigenvalue weighted by Crippen LogP contribution is -2.60. The summed E-state index contributed by atoms with van der Waals surface area (Å²) in [6.45, 7) is 19.2. The van der Waals surface area contributed by atoms with Gasteiger partial charge in [0.25, 0.3) is 5.91 Å². The molecule has 0 bridgehead atoms. The fourth-order valence-corrected chi connectivity index (χ4v) is 6.93. The molecule has 0 radical (unpaired) electrons. The number of nitrogens with zero attached hydrogens (tertiary/aromatic N) is 2. The Morgan fingerprint density at radius 1 is 1.02 bits per heavy atom. The highest BCUT2D eigenvalue weighted by atomic mass is 16.6. The lowest BCUT2D eigenvalue weighted by molar-refractivity contribution is -0.145. The molecule has 12 nitrogen and oxygen atoms in total. The van der Waals surface area contributed by atoms with E-state index in [4.69, 9.17) is 4.74 Å². The molecule has 1 aromatic carbocycles. The second kappa shape index (κ2) is 13.7. The topological polar surface area (TPSA) is 154 Å². The Bertz CT molecular complexity index is 1470. The number of rotatable bonds is 10. The maximum atomic E-state index is 14.1. The second-order valence-corrected chi connectivity index (χ2v) is 15.8. The summed E-state index contributed by atoms with van der Waals surface area (Å²) in [7, 11) is 0. The summed E-state index contributed by atoms with van der Waals surface area (Å²) in [5.74, 6) is -3.35. The molecule has 0 aromatic heterocycles. The first-order valence-electron chi connectivity index (χ1n) is 16.6. The van der Waals surface area contributed by atoms with Crippen molar-refractivity contribution in [2.24, 2.45) is 22.7 Å². The third kappa shape index (κ3) is 8.07. The molecule has 1 aliphatic carbocycles. The minimum atomic E-state index is -1.25. The van der Waals surface area contributed by atoms with Crippen molar-refractivity contribution in [2.75, 3.05) is 19.6 Å². The standard InChI is InChI=1S/C36H51N5O7/c1-10-13-24(28(43)31(45)37-18-25(42)40-17-16-21-14-11-12-15-22(21)19-40)38-30(44)27-26-23(36(26,8)9)20-41(27)32(46)29(34(2,3)4)39-33(47)48-35(5,6)7/h10-12,14-15,23-24,26-27,29H,1,13,16-20H2,2-9H3,(H,37,45)(H,38,44)(H,39,47)/t23-,24?,26-,27-,29+/m0/s1. The van der Waals surface area contributed by atoms with Gasteiger partial charge in [-0.25, -0.2) is 4.79 Å². The number of ketones is 1. The van der Waals surface area contributed by atoms with Crippen LogP contribution in [-0.2, 0) is 41.7 Å². The van der Waals surface area contributed by atoms with Crippen molar-refractivity contribution in [3.63, 3.8) is 0 Å². The Kier molecular flexibility index (Phi) is 10.5. The molecule has 2 aliphatic heterocycles. The summed E-state index contributed by atoms with van der Waals surface area (Å²) in [6.07, 6.45) is 1.36. The number of alkyl carbamates (subject to hydrolysis) is 1. The van der Waals surface area contributed by atoms with Crippen molar-refractivity contribution in [3.05, 3.63) is 48.0 Å². The van der Waals surface area contributed by atoms with Gasteiger partial charge in [-0.3, -0.25) is 24.0 Å². The normalized spacial score (nSPS) is 22.3. The van der Waals surface area contributed by atoms with Crippen LogP contribution in [0, 0.1) is 22.7 Å². The van der Waals surface area contributed by atoms with E-state index >= 15 is 0 Å². The van der Waals surface area contributed by atoms with Gasteiger partial charge < -0.3 is 30.5 Å². The predicted molar refractivity (Wildman–Crippen MR) is 179 cm³/mol. The van der Waals surface area contributed by atoms with Gasteiger partial charge in [-0.2, -0.15) is 0 Å². The van der Waals surface area contributed by atoms with E-state index in [0.29, 0.717) is 26.1 Å². The number of hydrogen-bond donors (Lipinski definition) is 3. The fraction of sp³-hybridized carbons (Fsp3) is 0.611. The largest absolute Gasteiger partial charge is 0.444 e. The average Bonchev–Trinajstić information content (AvgIpc) is 3.31. The number of piperidine rings is 1. The number of likely N-dealkylation sites (tertiary alicyclic amines) is 1. The molecule has 12 heteroatoms. The van der Waals surface area contributed by atoms with Crippen LogP contribution >= 0.6 is 0 Å². The van der Waals surface area contributed by atoms with Crippen LogP contribution in [0.15, 0.2) is 36.9 Å². The molecule has 1 saturated heterocycles. The quantitative estimate of drug-likeness (QED) is 0.257. The van der Waals surface area contributed by atoms with Crippen molar-refractivity contribution < 1.29 is 33.5 Å². The highest BCUT2D eigenvalue weighted by Gasteiger charge is 2.70. The highest BCUT2D eigenvalue weighted by Crippen LogP contribution is 2.65. The van der Waals surface area contributed by atoms with Crippen LogP contribution in [0.4, 0.5) is 4.79 Å². The number of Topliss-reactive ketones (excluding diaryl/α,β-unsaturated/α-hetero) is 1. The Morgan fingerprint density at radius 2 is 1.67 bits per heavy atom. The Morgan fingerprint density at radius 3 is 2.27 bits per heavy atom. The number of carbonyl (C=O) groups is 6. The van der Waals surface area contributed by atoms with Crippen molar-refractivity contribution in [1.82, 2.24) is 25.8 Å². The lowest BCUT2D eigenvalue weighted by atomic mass is 9.85.